The lowest BCUT2D eigenvalue weighted by atomic mass is 10.1. The third-order valence-corrected chi connectivity index (χ3v) is 5.75. The number of rotatable bonds is 5. The monoisotopic (exact) mass is 445 g/mol. The lowest BCUT2D eigenvalue weighted by Gasteiger charge is -2.07. The lowest BCUT2D eigenvalue weighted by molar-refractivity contribution is 0.0954. The smallest absolute Gasteiger partial charge is 0.271 e. The van der Waals surface area contributed by atoms with Crippen molar-refractivity contribution >= 4 is 57.8 Å². The number of benzene rings is 2. The van der Waals surface area contributed by atoms with E-state index in [0.717, 1.165) is 10.4 Å². The van der Waals surface area contributed by atoms with Gasteiger partial charge in [0.1, 0.15) is 0 Å². The molecule has 2 aromatic carbocycles. The number of thiophene rings is 1. The number of aryl methyl sites for hydroxylation is 1. The number of nitrogens with zero attached hydrogens (tertiary/aromatic N) is 1. The Bertz CT molecular complexity index is 1110. The molecular formula is C21H17Cl2N3O2S. The Morgan fingerprint density at radius 2 is 1.72 bits per heavy atom. The van der Waals surface area contributed by atoms with Crippen molar-refractivity contribution in [2.45, 2.75) is 13.8 Å². The van der Waals surface area contributed by atoms with Crippen molar-refractivity contribution in [2.75, 3.05) is 5.32 Å². The summed E-state index contributed by atoms with van der Waals surface area (Å²) in [5.41, 5.74) is 4.84. The first-order valence-corrected chi connectivity index (χ1v) is 10.2. The van der Waals surface area contributed by atoms with Crippen LogP contribution in [0.4, 0.5) is 5.69 Å². The Balaban J connectivity index is 1.69. The standard InChI is InChI=1S/C21H17Cl2N3O2S/c1-12-6-9-19(29-12)21(28)24-16-5-3-4-14(10-16)13(2)25-26-20(27)15-7-8-17(22)18(23)11-15/h3-11H,1-2H3,(H,24,28)(H,26,27)/b25-13+. The van der Waals surface area contributed by atoms with E-state index >= 15 is 0 Å². The zero-order valence-corrected chi connectivity index (χ0v) is 18.0. The molecular weight excluding hydrogens is 429 g/mol. The van der Waals surface area contributed by atoms with Crippen molar-refractivity contribution in [2.24, 2.45) is 5.10 Å². The second-order valence-corrected chi connectivity index (χ2v) is 8.31. The molecule has 0 aliphatic heterocycles. The zero-order valence-electron chi connectivity index (χ0n) is 15.6. The Morgan fingerprint density at radius 1 is 0.931 bits per heavy atom. The maximum atomic E-state index is 12.3. The van der Waals surface area contributed by atoms with Gasteiger partial charge in [0.2, 0.25) is 0 Å². The number of hydrogen-bond acceptors (Lipinski definition) is 4. The number of anilines is 1. The highest BCUT2D eigenvalue weighted by Crippen LogP contribution is 2.22. The molecule has 1 aromatic heterocycles. The van der Waals surface area contributed by atoms with E-state index in [9.17, 15) is 9.59 Å². The van der Waals surface area contributed by atoms with E-state index in [-0.39, 0.29) is 5.91 Å². The van der Waals surface area contributed by atoms with Gasteiger partial charge in [-0.25, -0.2) is 5.43 Å². The normalized spacial score (nSPS) is 11.2. The molecule has 148 valence electrons. The molecule has 8 heteroatoms. The minimum atomic E-state index is -0.402. The minimum absolute atomic E-state index is 0.164. The van der Waals surface area contributed by atoms with Gasteiger partial charge in [-0.3, -0.25) is 9.59 Å². The summed E-state index contributed by atoms with van der Waals surface area (Å²) in [6.45, 7) is 3.72. The van der Waals surface area contributed by atoms with Gasteiger partial charge in [-0.15, -0.1) is 11.3 Å². The molecule has 1 heterocycles. The number of carbonyl (C=O) groups is 2. The van der Waals surface area contributed by atoms with Crippen LogP contribution >= 0.6 is 34.5 Å². The maximum absolute atomic E-state index is 12.3. The summed E-state index contributed by atoms with van der Waals surface area (Å²) in [7, 11) is 0. The molecule has 5 nitrogen and oxygen atoms in total. The number of hydrazone groups is 1. The molecule has 0 fully saturated rings. The average molecular weight is 446 g/mol. The van der Waals surface area contributed by atoms with Gasteiger partial charge in [-0.2, -0.15) is 5.10 Å². The minimum Gasteiger partial charge on any atom is -0.321 e. The fourth-order valence-electron chi connectivity index (χ4n) is 2.47. The summed E-state index contributed by atoms with van der Waals surface area (Å²) >= 11 is 13.2. The average Bonchev–Trinajstić information content (AvgIpc) is 3.14. The SMILES string of the molecule is C/C(=N\NC(=O)c1ccc(Cl)c(Cl)c1)c1cccc(NC(=O)c2ccc(C)s2)c1. The van der Waals surface area contributed by atoms with Crippen molar-refractivity contribution in [1.82, 2.24) is 5.43 Å². The summed E-state index contributed by atoms with van der Waals surface area (Å²) in [4.78, 5) is 26.3. The molecule has 0 atom stereocenters. The van der Waals surface area contributed by atoms with Crippen LogP contribution in [0.15, 0.2) is 59.7 Å². The molecule has 0 saturated carbocycles. The van der Waals surface area contributed by atoms with Crippen LogP contribution in [0.25, 0.3) is 0 Å². The van der Waals surface area contributed by atoms with E-state index in [0.29, 0.717) is 31.9 Å². The van der Waals surface area contributed by atoms with E-state index in [1.54, 1.807) is 37.3 Å². The van der Waals surface area contributed by atoms with Gasteiger partial charge in [0.15, 0.2) is 0 Å². The highest BCUT2D eigenvalue weighted by Gasteiger charge is 2.10. The molecule has 0 unspecified atom stereocenters. The number of halogens is 2. The molecule has 0 aliphatic rings. The van der Waals surface area contributed by atoms with E-state index in [1.807, 2.05) is 25.1 Å². The van der Waals surface area contributed by atoms with Gasteiger partial charge in [0.05, 0.1) is 20.6 Å². The van der Waals surface area contributed by atoms with Crippen LogP contribution in [-0.2, 0) is 0 Å². The van der Waals surface area contributed by atoms with Crippen LogP contribution < -0.4 is 10.7 Å². The summed E-state index contributed by atoms with van der Waals surface area (Å²) in [5, 5.41) is 7.68. The summed E-state index contributed by atoms with van der Waals surface area (Å²) in [5.74, 6) is -0.566. The van der Waals surface area contributed by atoms with Gasteiger partial charge >= 0.3 is 0 Å². The summed E-state index contributed by atoms with van der Waals surface area (Å²) < 4.78 is 0. The van der Waals surface area contributed by atoms with Crippen LogP contribution in [-0.4, -0.2) is 17.5 Å². The Hall–Kier alpha value is -2.67. The zero-order chi connectivity index (χ0) is 21.0. The molecule has 29 heavy (non-hydrogen) atoms. The van der Waals surface area contributed by atoms with E-state index < -0.39 is 5.91 Å². The second-order valence-electron chi connectivity index (χ2n) is 6.21. The Morgan fingerprint density at radius 3 is 2.41 bits per heavy atom. The fourth-order valence-corrected chi connectivity index (χ4v) is 3.53. The van der Waals surface area contributed by atoms with Crippen LogP contribution in [0.3, 0.4) is 0 Å². The predicted octanol–water partition coefficient (Wildman–Crippen LogP) is 5.77. The second kappa shape index (κ2) is 9.22. The van der Waals surface area contributed by atoms with Crippen molar-refractivity contribution in [3.05, 3.63) is 85.5 Å². The highest BCUT2D eigenvalue weighted by molar-refractivity contribution is 7.14. The maximum Gasteiger partial charge on any atom is 0.271 e. The van der Waals surface area contributed by atoms with Crippen molar-refractivity contribution in [3.8, 4) is 0 Å². The quantitative estimate of drug-likeness (QED) is 0.386. The van der Waals surface area contributed by atoms with E-state index in [4.69, 9.17) is 23.2 Å². The van der Waals surface area contributed by atoms with Gasteiger partial charge in [-0.1, -0.05) is 35.3 Å². The number of nitrogens with one attached hydrogen (secondary N) is 2. The summed E-state index contributed by atoms with van der Waals surface area (Å²) in [6, 6.07) is 15.5. The number of amides is 2. The van der Waals surface area contributed by atoms with E-state index in [1.165, 1.54) is 17.4 Å². The molecule has 0 radical (unpaired) electrons. The Labute approximate surface area is 182 Å². The van der Waals surface area contributed by atoms with Gasteiger partial charge < -0.3 is 5.32 Å². The lowest BCUT2D eigenvalue weighted by Crippen LogP contribution is -2.19. The number of carbonyl (C=O) groups excluding carboxylic acids is 2. The molecule has 3 aromatic rings. The first kappa shape index (κ1) is 21.0. The van der Waals surface area contributed by atoms with Crippen molar-refractivity contribution < 1.29 is 9.59 Å². The van der Waals surface area contributed by atoms with Crippen LogP contribution in [0.2, 0.25) is 10.0 Å². The topological polar surface area (TPSA) is 70.6 Å². The third-order valence-electron chi connectivity index (χ3n) is 4.01. The van der Waals surface area contributed by atoms with Gasteiger partial charge in [0, 0.05) is 16.1 Å². The molecule has 0 spiro atoms. The van der Waals surface area contributed by atoms with Crippen LogP contribution in [0, 0.1) is 6.92 Å². The molecule has 0 bridgehead atoms. The van der Waals surface area contributed by atoms with Crippen LogP contribution in [0.5, 0.6) is 0 Å². The predicted molar refractivity (Wildman–Crippen MR) is 120 cm³/mol. The van der Waals surface area contributed by atoms with Crippen molar-refractivity contribution in [1.29, 1.82) is 0 Å². The number of hydrogen-bond donors (Lipinski definition) is 2. The van der Waals surface area contributed by atoms with Crippen molar-refractivity contribution in [3.63, 3.8) is 0 Å². The Kier molecular flexibility index (Phi) is 6.69. The molecule has 3 rings (SSSR count). The van der Waals surface area contributed by atoms with E-state index in [2.05, 4.69) is 15.8 Å². The molecule has 0 aliphatic carbocycles. The van der Waals surface area contributed by atoms with Gasteiger partial charge in [-0.05, 0) is 61.9 Å². The van der Waals surface area contributed by atoms with Crippen LogP contribution in [0.1, 0.15) is 37.4 Å². The first-order chi connectivity index (χ1) is 13.8. The van der Waals surface area contributed by atoms with Gasteiger partial charge in [0.25, 0.3) is 11.8 Å². The largest absolute Gasteiger partial charge is 0.321 e. The molecule has 2 amide bonds. The molecule has 0 saturated heterocycles. The summed E-state index contributed by atoms with van der Waals surface area (Å²) in [6.07, 6.45) is 0. The highest BCUT2D eigenvalue weighted by atomic mass is 35.5. The third kappa shape index (κ3) is 5.44. The fraction of sp³-hybridized carbons (Fsp3) is 0.0952. The molecule has 2 N–H and O–H groups in total. The first-order valence-electron chi connectivity index (χ1n) is 8.61.